The summed E-state index contributed by atoms with van der Waals surface area (Å²) in [5.74, 6) is -1.79. The van der Waals surface area contributed by atoms with Gasteiger partial charge >= 0.3 is 6.03 Å². The van der Waals surface area contributed by atoms with Crippen LogP contribution in [0.15, 0.2) is 18.2 Å². The van der Waals surface area contributed by atoms with E-state index in [0.717, 1.165) is 25.1 Å². The van der Waals surface area contributed by atoms with Gasteiger partial charge in [-0.05, 0) is 31.4 Å². The summed E-state index contributed by atoms with van der Waals surface area (Å²) in [6.45, 7) is 1.73. The molecule has 0 radical (unpaired) electrons. The summed E-state index contributed by atoms with van der Waals surface area (Å²) in [6, 6.07) is 2.89. The summed E-state index contributed by atoms with van der Waals surface area (Å²) in [4.78, 5) is 27.8. The second-order valence-corrected chi connectivity index (χ2v) is 6.30. The van der Waals surface area contributed by atoms with Gasteiger partial charge < -0.3 is 15.1 Å². The van der Waals surface area contributed by atoms with Crippen LogP contribution in [0.2, 0.25) is 0 Å². The lowest BCUT2D eigenvalue weighted by Gasteiger charge is -2.37. The summed E-state index contributed by atoms with van der Waals surface area (Å²) < 4.78 is 26.1. The lowest BCUT2D eigenvalue weighted by molar-refractivity contribution is -0.136. The molecule has 2 aliphatic rings. The normalized spacial score (nSPS) is 20.2. The fraction of sp³-hybridized carbons (Fsp3) is 0.500. The zero-order valence-electron chi connectivity index (χ0n) is 12.9. The van der Waals surface area contributed by atoms with Crippen LogP contribution in [0.25, 0.3) is 0 Å². The number of benzene rings is 1. The van der Waals surface area contributed by atoms with Gasteiger partial charge in [-0.25, -0.2) is 13.6 Å². The number of anilines is 1. The van der Waals surface area contributed by atoms with E-state index in [0.29, 0.717) is 25.9 Å². The molecular weight excluding hydrogens is 304 g/mol. The molecule has 2 aliphatic heterocycles. The molecule has 0 unspecified atom stereocenters. The molecule has 0 aliphatic carbocycles. The van der Waals surface area contributed by atoms with Crippen LogP contribution in [0.3, 0.4) is 0 Å². The zero-order valence-corrected chi connectivity index (χ0v) is 12.9. The number of nitrogens with one attached hydrogen (secondary N) is 1. The van der Waals surface area contributed by atoms with E-state index in [1.54, 1.807) is 16.8 Å². The average molecular weight is 323 g/mol. The van der Waals surface area contributed by atoms with Gasteiger partial charge in [-0.3, -0.25) is 4.79 Å². The van der Waals surface area contributed by atoms with E-state index in [4.69, 9.17) is 0 Å². The first-order chi connectivity index (χ1) is 10.9. The van der Waals surface area contributed by atoms with Crippen LogP contribution >= 0.6 is 0 Å². The molecule has 1 N–H and O–H groups in total. The molecule has 0 atom stereocenters. The number of piperidine rings is 1. The van der Waals surface area contributed by atoms with Crippen LogP contribution in [-0.2, 0) is 4.79 Å². The predicted octanol–water partition coefficient (Wildman–Crippen LogP) is 2.44. The van der Waals surface area contributed by atoms with E-state index in [1.165, 1.54) is 6.07 Å². The van der Waals surface area contributed by atoms with E-state index in [2.05, 4.69) is 5.32 Å². The van der Waals surface area contributed by atoms with Crippen molar-refractivity contribution in [1.82, 2.24) is 9.80 Å². The van der Waals surface area contributed by atoms with E-state index >= 15 is 0 Å². The van der Waals surface area contributed by atoms with Crippen LogP contribution in [0.5, 0.6) is 0 Å². The molecule has 2 fully saturated rings. The van der Waals surface area contributed by atoms with Crippen molar-refractivity contribution >= 4 is 17.6 Å². The van der Waals surface area contributed by atoms with Gasteiger partial charge in [0.25, 0.3) is 0 Å². The minimum atomic E-state index is -1.00. The molecule has 0 aromatic heterocycles. The minimum absolute atomic E-state index is 0.165. The van der Waals surface area contributed by atoms with Crippen molar-refractivity contribution < 1.29 is 18.4 Å². The lowest BCUT2D eigenvalue weighted by atomic mass is 9.77. The topological polar surface area (TPSA) is 52.6 Å². The Kier molecular flexibility index (Phi) is 3.95. The van der Waals surface area contributed by atoms with Gasteiger partial charge in [0.1, 0.15) is 0 Å². The van der Waals surface area contributed by atoms with Gasteiger partial charge in [-0.15, -0.1) is 0 Å². The van der Waals surface area contributed by atoms with Crippen molar-refractivity contribution in [1.29, 1.82) is 0 Å². The number of rotatable bonds is 1. The van der Waals surface area contributed by atoms with Crippen molar-refractivity contribution in [3.8, 4) is 0 Å². The Balaban J connectivity index is 1.60. The molecule has 3 rings (SSSR count). The van der Waals surface area contributed by atoms with Crippen molar-refractivity contribution in [2.45, 2.75) is 19.3 Å². The molecule has 1 aromatic carbocycles. The largest absolute Gasteiger partial charge is 0.345 e. The molecule has 23 heavy (non-hydrogen) atoms. The number of carbonyl (C=O) groups excluding carboxylic acids is 2. The summed E-state index contributed by atoms with van der Waals surface area (Å²) in [5, 5.41) is 2.56. The highest BCUT2D eigenvalue weighted by molar-refractivity contribution is 5.90. The van der Waals surface area contributed by atoms with Crippen molar-refractivity contribution in [2.24, 2.45) is 5.41 Å². The first-order valence-electron chi connectivity index (χ1n) is 7.68. The smallest absolute Gasteiger partial charge is 0.321 e. The summed E-state index contributed by atoms with van der Waals surface area (Å²) >= 11 is 0. The number of carbonyl (C=O) groups is 2. The van der Waals surface area contributed by atoms with Gasteiger partial charge in [-0.2, -0.15) is 0 Å². The number of hydrogen-bond donors (Lipinski definition) is 1. The summed E-state index contributed by atoms with van der Waals surface area (Å²) in [6.07, 6.45) is 2.11. The molecule has 2 saturated heterocycles. The Morgan fingerprint density at radius 2 is 1.78 bits per heavy atom. The second kappa shape index (κ2) is 5.79. The fourth-order valence-corrected chi connectivity index (χ4v) is 3.37. The van der Waals surface area contributed by atoms with E-state index in [9.17, 15) is 18.4 Å². The Bertz CT molecular complexity index is 642. The lowest BCUT2D eigenvalue weighted by Crippen LogP contribution is -2.47. The SMILES string of the molecule is CN1CCC2(CCN(C(=O)Nc3ccc(F)c(F)c3)CC2)C1=O. The van der Waals surface area contributed by atoms with Crippen LogP contribution in [0, 0.1) is 17.0 Å². The highest BCUT2D eigenvalue weighted by Crippen LogP contribution is 2.41. The predicted molar refractivity (Wildman–Crippen MR) is 80.9 cm³/mol. The third-order valence-electron chi connectivity index (χ3n) is 4.90. The van der Waals surface area contributed by atoms with E-state index in [-0.39, 0.29) is 23.0 Å². The van der Waals surface area contributed by atoms with Gasteiger partial charge in [0.15, 0.2) is 11.6 Å². The first kappa shape index (κ1) is 15.7. The van der Waals surface area contributed by atoms with Crippen LogP contribution in [0.4, 0.5) is 19.3 Å². The monoisotopic (exact) mass is 323 g/mol. The number of nitrogens with zero attached hydrogens (tertiary/aromatic N) is 2. The van der Waals surface area contributed by atoms with Gasteiger partial charge in [0.2, 0.25) is 5.91 Å². The maximum atomic E-state index is 13.2. The first-order valence-corrected chi connectivity index (χ1v) is 7.68. The Morgan fingerprint density at radius 3 is 2.35 bits per heavy atom. The third kappa shape index (κ3) is 2.87. The maximum absolute atomic E-state index is 13.2. The molecular formula is C16H19F2N3O2. The standard InChI is InChI=1S/C16H19F2N3O2/c1-20-7-4-16(14(20)22)5-8-21(9-6-16)15(23)19-11-2-3-12(17)13(18)10-11/h2-3,10H,4-9H2,1H3,(H,19,23). The van der Waals surface area contributed by atoms with Crippen molar-refractivity contribution in [3.63, 3.8) is 0 Å². The minimum Gasteiger partial charge on any atom is -0.345 e. The number of likely N-dealkylation sites (tertiary alicyclic amines) is 2. The van der Waals surface area contributed by atoms with Crippen molar-refractivity contribution in [3.05, 3.63) is 29.8 Å². The van der Waals surface area contributed by atoms with Gasteiger partial charge in [0, 0.05) is 38.4 Å². The fourth-order valence-electron chi connectivity index (χ4n) is 3.37. The maximum Gasteiger partial charge on any atom is 0.321 e. The number of amides is 3. The molecule has 3 amide bonds. The third-order valence-corrected chi connectivity index (χ3v) is 4.90. The molecule has 124 valence electrons. The van der Waals surface area contributed by atoms with Gasteiger partial charge in [-0.1, -0.05) is 0 Å². The Labute approximate surface area is 133 Å². The van der Waals surface area contributed by atoms with Gasteiger partial charge in [0.05, 0.1) is 5.41 Å². The number of urea groups is 1. The highest BCUT2D eigenvalue weighted by Gasteiger charge is 2.47. The highest BCUT2D eigenvalue weighted by atomic mass is 19.2. The Morgan fingerprint density at radius 1 is 1.13 bits per heavy atom. The zero-order chi connectivity index (χ0) is 16.6. The molecule has 1 aromatic rings. The number of halogens is 2. The quantitative estimate of drug-likeness (QED) is 0.863. The molecule has 2 heterocycles. The van der Waals surface area contributed by atoms with E-state index in [1.807, 2.05) is 0 Å². The molecule has 7 heteroatoms. The molecule has 1 spiro atoms. The average Bonchev–Trinajstić information content (AvgIpc) is 2.80. The van der Waals surface area contributed by atoms with E-state index < -0.39 is 11.6 Å². The van der Waals surface area contributed by atoms with Crippen LogP contribution < -0.4 is 5.32 Å². The summed E-state index contributed by atoms with van der Waals surface area (Å²) in [5.41, 5.74) is -0.112. The van der Waals surface area contributed by atoms with Crippen LogP contribution in [0.1, 0.15) is 19.3 Å². The molecule has 0 bridgehead atoms. The van der Waals surface area contributed by atoms with Crippen molar-refractivity contribution in [2.75, 3.05) is 32.0 Å². The molecule has 0 saturated carbocycles. The van der Waals surface area contributed by atoms with Crippen LogP contribution in [-0.4, -0.2) is 48.4 Å². The summed E-state index contributed by atoms with van der Waals surface area (Å²) in [7, 11) is 1.80. The number of hydrogen-bond acceptors (Lipinski definition) is 2. The molecule has 5 nitrogen and oxygen atoms in total. The Hall–Kier alpha value is -2.18. The second-order valence-electron chi connectivity index (χ2n) is 6.30.